The number of nitriles is 1. The molecule has 2 aliphatic heterocycles. The summed E-state index contributed by atoms with van der Waals surface area (Å²) in [6, 6.07) is 11.5. The zero-order chi connectivity index (χ0) is 16.9. The van der Waals surface area contributed by atoms with Crippen molar-refractivity contribution in [2.24, 2.45) is 5.10 Å². The van der Waals surface area contributed by atoms with Crippen LogP contribution in [-0.2, 0) is 9.53 Å². The molecule has 0 atom stereocenters. The van der Waals surface area contributed by atoms with Crippen molar-refractivity contribution >= 4 is 29.2 Å². The molecule has 8 heteroatoms. The third kappa shape index (κ3) is 3.07. The van der Waals surface area contributed by atoms with Crippen LogP contribution in [-0.4, -0.2) is 54.0 Å². The molecule has 2 heterocycles. The minimum absolute atomic E-state index is 0.217. The number of alkyl halides is 1. The molecule has 0 bridgehead atoms. The smallest absolute Gasteiger partial charge is 0.263 e. The normalized spacial score (nSPS) is 19.4. The topological polar surface area (TPSA) is 72.2 Å². The predicted molar refractivity (Wildman–Crippen MR) is 90.0 cm³/mol. The van der Waals surface area contributed by atoms with E-state index in [1.54, 1.807) is 4.90 Å². The quantitative estimate of drug-likeness (QED) is 0.600. The number of carbonyl (C=O) groups is 1. The molecule has 0 aliphatic carbocycles. The number of carbonyl (C=O) groups excluding carboxylic acids is 1. The molecule has 0 N–H and O–H groups in total. The van der Waals surface area contributed by atoms with Crippen LogP contribution in [0, 0.1) is 11.3 Å². The van der Waals surface area contributed by atoms with Crippen LogP contribution in [0.15, 0.2) is 47.3 Å². The largest absolute Gasteiger partial charge is 0.378 e. The summed E-state index contributed by atoms with van der Waals surface area (Å²) in [5.41, 5.74) is 0.814. The van der Waals surface area contributed by atoms with Gasteiger partial charge in [0.15, 0.2) is 5.82 Å². The van der Waals surface area contributed by atoms with Crippen LogP contribution in [0.5, 0.6) is 0 Å². The van der Waals surface area contributed by atoms with Crippen molar-refractivity contribution in [3.8, 4) is 6.07 Å². The molecule has 3 rings (SSSR count). The number of halogens is 1. The van der Waals surface area contributed by atoms with Gasteiger partial charge in [0, 0.05) is 13.1 Å². The van der Waals surface area contributed by atoms with Crippen molar-refractivity contribution in [3.05, 3.63) is 42.2 Å². The molecule has 7 nitrogen and oxygen atoms in total. The number of amides is 1. The minimum Gasteiger partial charge on any atom is -0.378 e. The van der Waals surface area contributed by atoms with Crippen molar-refractivity contribution in [2.45, 2.75) is 0 Å². The fourth-order valence-corrected chi connectivity index (χ4v) is 2.71. The Morgan fingerprint density at radius 2 is 2.04 bits per heavy atom. The van der Waals surface area contributed by atoms with Crippen molar-refractivity contribution in [1.29, 1.82) is 5.26 Å². The van der Waals surface area contributed by atoms with Gasteiger partial charge < -0.3 is 9.64 Å². The average Bonchev–Trinajstić information content (AvgIpc) is 3.02. The van der Waals surface area contributed by atoms with Gasteiger partial charge in [-0.1, -0.05) is 18.2 Å². The number of hydrazone groups is 1. The van der Waals surface area contributed by atoms with Crippen LogP contribution in [0.4, 0.5) is 5.69 Å². The second kappa shape index (κ2) is 7.34. The number of anilines is 1. The van der Waals surface area contributed by atoms with Crippen molar-refractivity contribution < 1.29 is 9.53 Å². The third-order valence-electron chi connectivity index (χ3n) is 3.69. The van der Waals surface area contributed by atoms with E-state index in [1.807, 2.05) is 41.3 Å². The Morgan fingerprint density at radius 3 is 2.67 bits per heavy atom. The number of morpholine rings is 1. The van der Waals surface area contributed by atoms with Gasteiger partial charge in [-0.3, -0.25) is 9.69 Å². The summed E-state index contributed by atoms with van der Waals surface area (Å²) in [4.78, 5) is 16.0. The molecule has 1 fully saturated rings. The number of para-hydroxylation sites is 1. The first-order valence-electron chi connectivity index (χ1n) is 7.51. The van der Waals surface area contributed by atoms with E-state index in [0.29, 0.717) is 38.1 Å². The van der Waals surface area contributed by atoms with Crippen LogP contribution < -0.4 is 4.90 Å². The van der Waals surface area contributed by atoms with Gasteiger partial charge in [0.25, 0.3) is 5.91 Å². The van der Waals surface area contributed by atoms with Gasteiger partial charge in [0.05, 0.1) is 31.0 Å². The maximum atomic E-state index is 12.2. The first-order chi connectivity index (χ1) is 11.8. The lowest BCUT2D eigenvalue weighted by Gasteiger charge is -2.32. The van der Waals surface area contributed by atoms with E-state index in [2.05, 4.69) is 5.10 Å². The minimum atomic E-state index is -0.387. The monoisotopic (exact) mass is 345 g/mol. The van der Waals surface area contributed by atoms with Gasteiger partial charge in [-0.25, -0.2) is 0 Å². The molecule has 1 saturated heterocycles. The molecular formula is C16H16ClN5O2. The fourth-order valence-electron chi connectivity index (χ4n) is 2.60. The number of rotatable bonds is 2. The Labute approximate surface area is 144 Å². The van der Waals surface area contributed by atoms with Gasteiger partial charge >= 0.3 is 0 Å². The van der Waals surface area contributed by atoms with Gasteiger partial charge in [-0.15, -0.1) is 16.7 Å². The van der Waals surface area contributed by atoms with E-state index in [4.69, 9.17) is 21.6 Å². The standard InChI is InChI=1S/C16H16ClN5O2/c17-12-15(23)22-14(6-7-18)21(13-4-2-1-3-5-13)16(19-22)20-8-10-24-11-9-20/h1-6H,8-12H2/b14-6+. The molecule has 1 amide bonds. The average molecular weight is 346 g/mol. The molecule has 24 heavy (non-hydrogen) atoms. The van der Waals surface area contributed by atoms with Crippen molar-refractivity contribution in [2.75, 3.05) is 37.1 Å². The van der Waals surface area contributed by atoms with E-state index in [0.717, 1.165) is 5.69 Å². The number of guanidine groups is 1. The molecule has 0 radical (unpaired) electrons. The van der Waals surface area contributed by atoms with E-state index >= 15 is 0 Å². The van der Waals surface area contributed by atoms with Crippen molar-refractivity contribution in [3.63, 3.8) is 0 Å². The number of benzene rings is 1. The zero-order valence-electron chi connectivity index (χ0n) is 12.9. The van der Waals surface area contributed by atoms with Crippen LogP contribution in [0.25, 0.3) is 0 Å². The zero-order valence-corrected chi connectivity index (χ0v) is 13.7. The Bertz CT molecular complexity index is 707. The summed E-state index contributed by atoms with van der Waals surface area (Å²) in [6.45, 7) is 2.49. The lowest BCUT2D eigenvalue weighted by Crippen LogP contribution is -2.47. The molecule has 0 saturated carbocycles. The summed E-state index contributed by atoms with van der Waals surface area (Å²) >= 11 is 5.70. The number of nitrogens with zero attached hydrogens (tertiary/aromatic N) is 5. The predicted octanol–water partition coefficient (Wildman–Crippen LogP) is 1.54. The summed E-state index contributed by atoms with van der Waals surface area (Å²) in [7, 11) is 0. The summed E-state index contributed by atoms with van der Waals surface area (Å²) in [6.07, 6.45) is 1.30. The van der Waals surface area contributed by atoms with Crippen LogP contribution in [0.1, 0.15) is 0 Å². The van der Waals surface area contributed by atoms with Crippen LogP contribution in [0.2, 0.25) is 0 Å². The molecule has 0 aromatic heterocycles. The highest BCUT2D eigenvalue weighted by Gasteiger charge is 2.37. The number of ether oxygens (including phenoxy) is 1. The lowest BCUT2D eigenvalue weighted by atomic mass is 10.3. The Morgan fingerprint density at radius 1 is 1.33 bits per heavy atom. The first kappa shape index (κ1) is 16.3. The number of hydrogen-bond acceptors (Lipinski definition) is 6. The van der Waals surface area contributed by atoms with Crippen LogP contribution in [0.3, 0.4) is 0 Å². The molecular weight excluding hydrogens is 330 g/mol. The molecule has 124 valence electrons. The van der Waals surface area contributed by atoms with Gasteiger partial charge in [-0.05, 0) is 12.1 Å². The SMILES string of the molecule is N#C/C=C1/N(C(=O)CCl)N=C(N2CCOCC2)N1c1ccccc1. The maximum Gasteiger partial charge on any atom is 0.263 e. The molecule has 1 aromatic rings. The molecule has 0 unspecified atom stereocenters. The summed E-state index contributed by atoms with van der Waals surface area (Å²) in [5, 5.41) is 14.8. The van der Waals surface area contributed by atoms with Gasteiger partial charge in [-0.2, -0.15) is 10.3 Å². The summed E-state index contributed by atoms with van der Waals surface area (Å²) < 4.78 is 5.39. The molecule has 1 aromatic carbocycles. The van der Waals surface area contributed by atoms with E-state index < -0.39 is 0 Å². The highest BCUT2D eigenvalue weighted by molar-refractivity contribution is 6.27. The molecule has 0 spiro atoms. The van der Waals surface area contributed by atoms with Gasteiger partial charge in [0.1, 0.15) is 5.88 Å². The third-order valence-corrected chi connectivity index (χ3v) is 3.92. The Balaban J connectivity index is 2.06. The van der Waals surface area contributed by atoms with E-state index in [1.165, 1.54) is 11.1 Å². The highest BCUT2D eigenvalue weighted by atomic mass is 35.5. The Kier molecular flexibility index (Phi) is 4.99. The van der Waals surface area contributed by atoms with E-state index in [-0.39, 0.29) is 11.8 Å². The molecule has 2 aliphatic rings. The highest BCUT2D eigenvalue weighted by Crippen LogP contribution is 2.29. The Hall–Kier alpha value is -2.56. The second-order valence-electron chi connectivity index (χ2n) is 5.14. The van der Waals surface area contributed by atoms with E-state index in [9.17, 15) is 4.79 Å². The number of hydrogen-bond donors (Lipinski definition) is 0. The lowest BCUT2D eigenvalue weighted by molar-refractivity contribution is -0.126. The maximum absolute atomic E-state index is 12.2. The second-order valence-corrected chi connectivity index (χ2v) is 5.41. The summed E-state index contributed by atoms with van der Waals surface area (Å²) in [5.74, 6) is 0.355. The fraction of sp³-hybridized carbons (Fsp3) is 0.312. The first-order valence-corrected chi connectivity index (χ1v) is 8.05. The van der Waals surface area contributed by atoms with Gasteiger partial charge in [0.2, 0.25) is 5.96 Å². The number of allylic oxidation sites excluding steroid dienone is 1. The van der Waals surface area contributed by atoms with Crippen LogP contribution >= 0.6 is 11.6 Å². The van der Waals surface area contributed by atoms with Crippen molar-refractivity contribution in [1.82, 2.24) is 9.91 Å².